The molecule has 0 bridgehead atoms. The third-order valence-electron chi connectivity index (χ3n) is 2.71. The Morgan fingerprint density at radius 2 is 2.21 bits per heavy atom. The maximum atomic E-state index is 5.53. The van der Waals surface area contributed by atoms with Crippen molar-refractivity contribution >= 4 is 10.9 Å². The summed E-state index contributed by atoms with van der Waals surface area (Å²) in [5.41, 5.74) is 3.39. The smallest absolute Gasteiger partial charge is 0.0975 e. The van der Waals surface area contributed by atoms with Crippen molar-refractivity contribution in [2.24, 2.45) is 0 Å². The lowest BCUT2D eigenvalue weighted by Crippen LogP contribution is -1.93. The SMILES string of the molecule is CC1OCc2cc3ccccc3nc21. The minimum absolute atomic E-state index is 0.148. The van der Waals surface area contributed by atoms with Crippen molar-refractivity contribution in [3.8, 4) is 0 Å². The number of aromatic nitrogens is 1. The summed E-state index contributed by atoms with van der Waals surface area (Å²) in [5.74, 6) is 0. The minimum atomic E-state index is 0.148. The molecule has 0 amide bonds. The van der Waals surface area contributed by atoms with Gasteiger partial charge in [0.1, 0.15) is 0 Å². The zero-order valence-electron chi connectivity index (χ0n) is 8.03. The third kappa shape index (κ3) is 1.04. The van der Waals surface area contributed by atoms with Crippen LogP contribution in [0.5, 0.6) is 0 Å². The summed E-state index contributed by atoms with van der Waals surface area (Å²) in [7, 11) is 0. The van der Waals surface area contributed by atoms with Gasteiger partial charge in [-0.05, 0) is 19.1 Å². The summed E-state index contributed by atoms with van der Waals surface area (Å²) in [6, 6.07) is 10.4. The van der Waals surface area contributed by atoms with E-state index < -0.39 is 0 Å². The van der Waals surface area contributed by atoms with Crippen LogP contribution < -0.4 is 0 Å². The van der Waals surface area contributed by atoms with E-state index in [1.165, 1.54) is 10.9 Å². The van der Waals surface area contributed by atoms with Gasteiger partial charge in [-0.3, -0.25) is 0 Å². The van der Waals surface area contributed by atoms with Gasteiger partial charge in [0.05, 0.1) is 23.9 Å². The third-order valence-corrected chi connectivity index (χ3v) is 2.71. The van der Waals surface area contributed by atoms with Gasteiger partial charge < -0.3 is 4.74 Å². The van der Waals surface area contributed by atoms with Crippen LogP contribution in [0.1, 0.15) is 24.3 Å². The first-order valence-electron chi connectivity index (χ1n) is 4.85. The molecular formula is C12H11NO. The lowest BCUT2D eigenvalue weighted by atomic mass is 10.1. The van der Waals surface area contributed by atoms with E-state index in [-0.39, 0.29) is 6.10 Å². The van der Waals surface area contributed by atoms with E-state index in [1.807, 2.05) is 25.1 Å². The topological polar surface area (TPSA) is 22.1 Å². The van der Waals surface area contributed by atoms with Crippen molar-refractivity contribution in [3.63, 3.8) is 0 Å². The molecule has 0 spiro atoms. The Labute approximate surface area is 82.5 Å². The molecule has 0 saturated heterocycles. The number of hydrogen-bond acceptors (Lipinski definition) is 2. The quantitative estimate of drug-likeness (QED) is 0.629. The largest absolute Gasteiger partial charge is 0.367 e. The Hall–Kier alpha value is -1.41. The second kappa shape index (κ2) is 2.79. The Bertz CT molecular complexity index is 493. The first-order chi connectivity index (χ1) is 6.84. The van der Waals surface area contributed by atoms with Crippen LogP contribution in [0.15, 0.2) is 30.3 Å². The Morgan fingerprint density at radius 3 is 3.14 bits per heavy atom. The molecule has 2 aromatic rings. The summed E-state index contributed by atoms with van der Waals surface area (Å²) in [6.45, 7) is 2.75. The molecule has 70 valence electrons. The predicted octanol–water partition coefficient (Wildman–Crippen LogP) is 2.83. The number of rotatable bonds is 0. The number of hydrogen-bond donors (Lipinski definition) is 0. The maximum Gasteiger partial charge on any atom is 0.0975 e. The fraction of sp³-hybridized carbons (Fsp3) is 0.250. The van der Waals surface area contributed by atoms with Crippen LogP contribution in [0.4, 0.5) is 0 Å². The van der Waals surface area contributed by atoms with Crippen LogP contribution >= 0.6 is 0 Å². The summed E-state index contributed by atoms with van der Waals surface area (Å²) in [5, 5.41) is 1.20. The fourth-order valence-corrected chi connectivity index (χ4v) is 1.94. The van der Waals surface area contributed by atoms with Crippen LogP contribution in [-0.2, 0) is 11.3 Å². The van der Waals surface area contributed by atoms with E-state index >= 15 is 0 Å². The van der Waals surface area contributed by atoms with Gasteiger partial charge in [0.2, 0.25) is 0 Å². The molecule has 3 rings (SSSR count). The van der Waals surface area contributed by atoms with Gasteiger partial charge in [0.15, 0.2) is 0 Å². The van der Waals surface area contributed by atoms with Gasteiger partial charge in [0.25, 0.3) is 0 Å². The molecule has 2 nitrogen and oxygen atoms in total. The molecule has 0 radical (unpaired) electrons. The normalized spacial score (nSPS) is 19.9. The highest BCUT2D eigenvalue weighted by Gasteiger charge is 2.20. The van der Waals surface area contributed by atoms with Gasteiger partial charge in [-0.2, -0.15) is 0 Å². The van der Waals surface area contributed by atoms with E-state index in [0.717, 1.165) is 11.2 Å². The molecule has 14 heavy (non-hydrogen) atoms. The maximum absolute atomic E-state index is 5.53. The van der Waals surface area contributed by atoms with Crippen LogP contribution in [0.25, 0.3) is 10.9 Å². The Morgan fingerprint density at radius 1 is 1.36 bits per heavy atom. The summed E-state index contributed by atoms with van der Waals surface area (Å²) < 4.78 is 5.53. The van der Waals surface area contributed by atoms with Crippen molar-refractivity contribution in [3.05, 3.63) is 41.6 Å². The van der Waals surface area contributed by atoms with Crippen LogP contribution in [-0.4, -0.2) is 4.98 Å². The molecule has 1 aromatic carbocycles. The van der Waals surface area contributed by atoms with E-state index in [0.29, 0.717) is 6.61 Å². The Kier molecular flexibility index (Phi) is 1.58. The van der Waals surface area contributed by atoms with E-state index in [2.05, 4.69) is 17.1 Å². The summed E-state index contributed by atoms with van der Waals surface area (Å²) in [4.78, 5) is 4.61. The van der Waals surface area contributed by atoms with E-state index in [4.69, 9.17) is 4.74 Å². The fourth-order valence-electron chi connectivity index (χ4n) is 1.94. The molecule has 0 aliphatic carbocycles. The molecule has 2 heterocycles. The molecule has 1 aliphatic heterocycles. The number of benzene rings is 1. The Balaban J connectivity index is 2.33. The number of pyridine rings is 1. The van der Waals surface area contributed by atoms with Crippen LogP contribution in [0.2, 0.25) is 0 Å². The second-order valence-corrected chi connectivity index (χ2v) is 3.68. The minimum Gasteiger partial charge on any atom is -0.367 e. The average Bonchev–Trinajstić information content (AvgIpc) is 2.57. The lowest BCUT2D eigenvalue weighted by molar-refractivity contribution is 0.0780. The number of nitrogens with zero attached hydrogens (tertiary/aromatic N) is 1. The zero-order valence-corrected chi connectivity index (χ0v) is 8.03. The van der Waals surface area contributed by atoms with Gasteiger partial charge >= 0.3 is 0 Å². The average molecular weight is 185 g/mol. The van der Waals surface area contributed by atoms with Gasteiger partial charge in [-0.1, -0.05) is 18.2 Å². The molecule has 0 N–H and O–H groups in total. The standard InChI is InChI=1S/C12H11NO/c1-8-12-10(7-14-8)6-9-4-2-3-5-11(9)13-12/h2-6,8H,7H2,1H3. The molecule has 1 aliphatic rings. The van der Waals surface area contributed by atoms with Gasteiger partial charge in [0, 0.05) is 10.9 Å². The van der Waals surface area contributed by atoms with Crippen molar-refractivity contribution in [2.45, 2.75) is 19.6 Å². The van der Waals surface area contributed by atoms with Crippen molar-refractivity contribution in [1.29, 1.82) is 0 Å². The van der Waals surface area contributed by atoms with Crippen molar-refractivity contribution in [2.75, 3.05) is 0 Å². The molecule has 1 unspecified atom stereocenters. The molecule has 2 heteroatoms. The molecule has 0 fully saturated rings. The summed E-state index contributed by atoms with van der Waals surface area (Å²) in [6.07, 6.45) is 0.148. The van der Waals surface area contributed by atoms with Crippen LogP contribution in [0.3, 0.4) is 0 Å². The van der Waals surface area contributed by atoms with Crippen molar-refractivity contribution < 1.29 is 4.74 Å². The molecule has 1 atom stereocenters. The number of para-hydroxylation sites is 1. The molecule has 0 saturated carbocycles. The molecular weight excluding hydrogens is 174 g/mol. The zero-order chi connectivity index (χ0) is 9.54. The van der Waals surface area contributed by atoms with Crippen molar-refractivity contribution in [1.82, 2.24) is 4.98 Å². The molecule has 1 aromatic heterocycles. The highest BCUT2D eigenvalue weighted by Crippen LogP contribution is 2.30. The van der Waals surface area contributed by atoms with E-state index in [1.54, 1.807) is 0 Å². The van der Waals surface area contributed by atoms with Crippen LogP contribution in [0, 0.1) is 0 Å². The highest BCUT2D eigenvalue weighted by molar-refractivity contribution is 5.79. The second-order valence-electron chi connectivity index (χ2n) is 3.68. The van der Waals surface area contributed by atoms with E-state index in [9.17, 15) is 0 Å². The monoisotopic (exact) mass is 185 g/mol. The number of fused-ring (bicyclic) bond motifs is 2. The van der Waals surface area contributed by atoms with Gasteiger partial charge in [-0.25, -0.2) is 4.98 Å². The van der Waals surface area contributed by atoms with Gasteiger partial charge in [-0.15, -0.1) is 0 Å². The number of ether oxygens (including phenoxy) is 1. The lowest BCUT2D eigenvalue weighted by Gasteiger charge is -2.03. The first-order valence-corrected chi connectivity index (χ1v) is 4.85. The first kappa shape index (κ1) is 7.94. The highest BCUT2D eigenvalue weighted by atomic mass is 16.5. The predicted molar refractivity (Wildman–Crippen MR) is 54.9 cm³/mol. The summed E-state index contributed by atoms with van der Waals surface area (Å²) >= 11 is 0.